The molecule has 0 spiro atoms. The van der Waals surface area contributed by atoms with Gasteiger partial charge in [0.15, 0.2) is 0 Å². The highest BCUT2D eigenvalue weighted by atomic mass is 16.6. The molecule has 0 N–H and O–H groups in total. The maximum absolute atomic E-state index is 11.9. The van der Waals surface area contributed by atoms with Crippen molar-refractivity contribution in [2.75, 3.05) is 0 Å². The molecule has 0 saturated carbocycles. The van der Waals surface area contributed by atoms with E-state index in [1.807, 2.05) is 30.3 Å². The van der Waals surface area contributed by atoms with Gasteiger partial charge in [0.05, 0.1) is 11.1 Å². The first-order chi connectivity index (χ1) is 9.58. The maximum Gasteiger partial charge on any atom is 0.286 e. The highest BCUT2D eigenvalue weighted by Crippen LogP contribution is 2.10. The molecular formula is C15H16N2O3. The Morgan fingerprint density at radius 3 is 2.60 bits per heavy atom. The molecule has 0 fully saturated rings. The van der Waals surface area contributed by atoms with Gasteiger partial charge in [0.25, 0.3) is 11.2 Å². The zero-order chi connectivity index (χ0) is 14.5. The minimum absolute atomic E-state index is 0.0400. The number of rotatable bonds is 5. The van der Waals surface area contributed by atoms with E-state index in [0.29, 0.717) is 12.1 Å². The summed E-state index contributed by atoms with van der Waals surface area (Å²) in [5.74, 6) is 0. The summed E-state index contributed by atoms with van der Waals surface area (Å²) in [5.41, 5.74) is 1.40. The number of aromatic nitrogens is 1. The van der Waals surface area contributed by atoms with Crippen molar-refractivity contribution in [2.24, 2.45) is 0 Å². The van der Waals surface area contributed by atoms with E-state index in [0.717, 1.165) is 12.8 Å². The maximum atomic E-state index is 11.9. The average Bonchev–Trinajstić information content (AvgIpc) is 2.44. The molecule has 20 heavy (non-hydrogen) atoms. The van der Waals surface area contributed by atoms with Crippen molar-refractivity contribution in [3.05, 3.63) is 74.2 Å². The SMILES string of the molecule is Cc1cc([N+](=O)[O-])cn(CCCc2ccccc2)c1=O. The van der Waals surface area contributed by atoms with E-state index in [4.69, 9.17) is 0 Å². The van der Waals surface area contributed by atoms with Crippen molar-refractivity contribution < 1.29 is 4.92 Å². The van der Waals surface area contributed by atoms with Gasteiger partial charge in [-0.15, -0.1) is 0 Å². The van der Waals surface area contributed by atoms with Crippen molar-refractivity contribution in [1.82, 2.24) is 4.57 Å². The van der Waals surface area contributed by atoms with Gasteiger partial charge in [-0.05, 0) is 25.3 Å². The molecule has 0 unspecified atom stereocenters. The third-order valence-corrected chi connectivity index (χ3v) is 3.17. The van der Waals surface area contributed by atoms with Crippen LogP contribution in [0.1, 0.15) is 17.5 Å². The fraction of sp³-hybridized carbons (Fsp3) is 0.267. The minimum atomic E-state index is -0.472. The first-order valence-electron chi connectivity index (χ1n) is 6.47. The van der Waals surface area contributed by atoms with Gasteiger partial charge in [-0.1, -0.05) is 30.3 Å². The van der Waals surface area contributed by atoms with Gasteiger partial charge >= 0.3 is 0 Å². The number of nitrogens with zero attached hydrogens (tertiary/aromatic N) is 2. The van der Waals surface area contributed by atoms with Crippen molar-refractivity contribution in [2.45, 2.75) is 26.3 Å². The largest absolute Gasteiger partial charge is 0.309 e. The zero-order valence-electron chi connectivity index (χ0n) is 11.3. The molecule has 5 heteroatoms. The van der Waals surface area contributed by atoms with E-state index in [1.165, 1.54) is 22.4 Å². The lowest BCUT2D eigenvalue weighted by Gasteiger charge is -2.07. The Kier molecular flexibility index (Phi) is 4.30. The van der Waals surface area contributed by atoms with Crippen molar-refractivity contribution in [3.63, 3.8) is 0 Å². The first-order valence-corrected chi connectivity index (χ1v) is 6.47. The van der Waals surface area contributed by atoms with Gasteiger partial charge in [-0.25, -0.2) is 0 Å². The van der Waals surface area contributed by atoms with Crippen LogP contribution in [0.3, 0.4) is 0 Å². The Labute approximate surface area is 116 Å². The second kappa shape index (κ2) is 6.14. The minimum Gasteiger partial charge on any atom is -0.309 e. The standard InChI is InChI=1S/C15H16N2O3/c1-12-10-14(17(19)20)11-16(15(12)18)9-5-8-13-6-3-2-4-7-13/h2-4,6-7,10-11H,5,8-9H2,1H3. The normalized spacial score (nSPS) is 10.4. The molecule has 0 bridgehead atoms. The summed E-state index contributed by atoms with van der Waals surface area (Å²) >= 11 is 0. The highest BCUT2D eigenvalue weighted by Gasteiger charge is 2.10. The van der Waals surface area contributed by atoms with Crippen LogP contribution in [0.4, 0.5) is 5.69 Å². The van der Waals surface area contributed by atoms with Gasteiger partial charge in [0.2, 0.25) is 0 Å². The van der Waals surface area contributed by atoms with E-state index in [9.17, 15) is 14.9 Å². The molecule has 5 nitrogen and oxygen atoms in total. The summed E-state index contributed by atoms with van der Waals surface area (Å²) in [6.07, 6.45) is 2.93. The first kappa shape index (κ1) is 14.0. The van der Waals surface area contributed by atoms with E-state index < -0.39 is 4.92 Å². The molecule has 0 atom stereocenters. The monoisotopic (exact) mass is 272 g/mol. The summed E-state index contributed by atoms with van der Waals surface area (Å²) in [6.45, 7) is 2.08. The Morgan fingerprint density at radius 2 is 1.95 bits per heavy atom. The third-order valence-electron chi connectivity index (χ3n) is 3.17. The number of benzene rings is 1. The van der Waals surface area contributed by atoms with Crippen LogP contribution in [0, 0.1) is 17.0 Å². The lowest BCUT2D eigenvalue weighted by atomic mass is 10.1. The molecule has 104 valence electrons. The van der Waals surface area contributed by atoms with Crippen LogP contribution in [-0.4, -0.2) is 9.49 Å². The van der Waals surface area contributed by atoms with Crippen molar-refractivity contribution in [1.29, 1.82) is 0 Å². The van der Waals surface area contributed by atoms with Gasteiger partial charge in [-0.3, -0.25) is 14.9 Å². The topological polar surface area (TPSA) is 65.1 Å². The summed E-state index contributed by atoms with van der Waals surface area (Å²) in [6, 6.07) is 11.3. The number of aryl methyl sites for hydroxylation is 3. The van der Waals surface area contributed by atoms with Gasteiger partial charge < -0.3 is 4.57 Å². The van der Waals surface area contributed by atoms with E-state index in [1.54, 1.807) is 6.92 Å². The average molecular weight is 272 g/mol. The second-order valence-corrected chi connectivity index (χ2v) is 4.73. The number of hydrogen-bond acceptors (Lipinski definition) is 3. The molecule has 1 heterocycles. The number of pyridine rings is 1. The highest BCUT2D eigenvalue weighted by molar-refractivity contribution is 5.30. The van der Waals surface area contributed by atoms with Crippen LogP contribution < -0.4 is 5.56 Å². The smallest absolute Gasteiger partial charge is 0.286 e. The van der Waals surface area contributed by atoms with Crippen LogP contribution in [0.15, 0.2) is 47.4 Å². The fourth-order valence-electron chi connectivity index (χ4n) is 2.13. The molecule has 2 rings (SSSR count). The molecule has 1 aromatic heterocycles. The molecule has 0 aliphatic carbocycles. The Bertz CT molecular complexity index is 663. The molecule has 0 radical (unpaired) electrons. The second-order valence-electron chi connectivity index (χ2n) is 4.73. The third kappa shape index (κ3) is 3.32. The lowest BCUT2D eigenvalue weighted by molar-refractivity contribution is -0.385. The fourth-order valence-corrected chi connectivity index (χ4v) is 2.13. The number of nitro groups is 1. The van der Waals surface area contributed by atoms with Gasteiger partial charge in [-0.2, -0.15) is 0 Å². The molecule has 0 saturated heterocycles. The molecule has 1 aromatic carbocycles. The quantitative estimate of drug-likeness (QED) is 0.621. The van der Waals surface area contributed by atoms with Crippen LogP contribution >= 0.6 is 0 Å². The van der Waals surface area contributed by atoms with E-state index in [-0.39, 0.29) is 11.2 Å². The predicted molar refractivity (Wildman–Crippen MR) is 76.9 cm³/mol. The summed E-state index contributed by atoms with van der Waals surface area (Å²) in [7, 11) is 0. The predicted octanol–water partition coefficient (Wildman–Crippen LogP) is 2.70. The van der Waals surface area contributed by atoms with Gasteiger partial charge in [0, 0.05) is 18.2 Å². The van der Waals surface area contributed by atoms with Gasteiger partial charge in [0.1, 0.15) is 0 Å². The molecule has 2 aromatic rings. The Hall–Kier alpha value is -2.43. The van der Waals surface area contributed by atoms with Crippen LogP contribution in [0.2, 0.25) is 0 Å². The Balaban J connectivity index is 2.09. The summed E-state index contributed by atoms with van der Waals surface area (Å²) < 4.78 is 1.43. The van der Waals surface area contributed by atoms with Crippen molar-refractivity contribution >= 4 is 5.69 Å². The zero-order valence-corrected chi connectivity index (χ0v) is 11.3. The van der Waals surface area contributed by atoms with Crippen molar-refractivity contribution in [3.8, 4) is 0 Å². The lowest BCUT2D eigenvalue weighted by Crippen LogP contribution is -2.22. The number of hydrogen-bond donors (Lipinski definition) is 0. The molecular weight excluding hydrogens is 256 g/mol. The molecule has 0 aliphatic rings. The molecule has 0 amide bonds. The van der Waals surface area contributed by atoms with E-state index >= 15 is 0 Å². The van der Waals surface area contributed by atoms with Crippen LogP contribution in [-0.2, 0) is 13.0 Å². The Morgan fingerprint density at radius 1 is 1.25 bits per heavy atom. The van der Waals surface area contributed by atoms with Crippen LogP contribution in [0.25, 0.3) is 0 Å². The summed E-state index contributed by atoms with van der Waals surface area (Å²) in [4.78, 5) is 22.3. The molecule has 0 aliphatic heterocycles. The summed E-state index contributed by atoms with van der Waals surface area (Å²) in [5, 5.41) is 10.8. The van der Waals surface area contributed by atoms with Crippen LogP contribution in [0.5, 0.6) is 0 Å². The van der Waals surface area contributed by atoms with E-state index in [2.05, 4.69) is 0 Å².